The molecule has 4 heteroatoms. The van der Waals surface area contributed by atoms with Gasteiger partial charge in [-0.15, -0.1) is 0 Å². The molecule has 1 rings (SSSR count). The molecular weight excluding hydrogens is 258 g/mol. The minimum absolute atomic E-state index is 0.518. The van der Waals surface area contributed by atoms with E-state index in [0.29, 0.717) is 10.9 Å². The van der Waals surface area contributed by atoms with Crippen LogP contribution in [0.2, 0.25) is 0 Å². The highest BCUT2D eigenvalue weighted by molar-refractivity contribution is 9.08. The van der Waals surface area contributed by atoms with Crippen molar-refractivity contribution < 1.29 is 9.90 Å². The van der Waals surface area contributed by atoms with Gasteiger partial charge in [-0.2, -0.15) is 5.26 Å². The standard InChI is InChI=1S/C11H8BrNO2/c12-6-10-2-1-8(7-13)5-9(10)3-4-11(14)15/h1-5H,6H2,(H,14,15). The van der Waals surface area contributed by atoms with Gasteiger partial charge in [0.05, 0.1) is 11.6 Å². The summed E-state index contributed by atoms with van der Waals surface area (Å²) in [5.41, 5.74) is 2.21. The predicted octanol–water partition coefficient (Wildman–Crippen LogP) is 2.55. The van der Waals surface area contributed by atoms with E-state index in [2.05, 4.69) is 15.9 Å². The normalized spacial score (nSPS) is 10.1. The van der Waals surface area contributed by atoms with Crippen molar-refractivity contribution in [3.05, 3.63) is 41.0 Å². The van der Waals surface area contributed by atoms with Gasteiger partial charge in [0.2, 0.25) is 0 Å². The first-order valence-corrected chi connectivity index (χ1v) is 5.29. The van der Waals surface area contributed by atoms with Crippen molar-refractivity contribution in [3.8, 4) is 6.07 Å². The summed E-state index contributed by atoms with van der Waals surface area (Å²) < 4.78 is 0. The average molecular weight is 266 g/mol. The fourth-order valence-corrected chi connectivity index (χ4v) is 1.61. The highest BCUT2D eigenvalue weighted by Crippen LogP contribution is 2.16. The van der Waals surface area contributed by atoms with E-state index in [1.54, 1.807) is 18.2 Å². The van der Waals surface area contributed by atoms with Crippen molar-refractivity contribution in [1.82, 2.24) is 0 Å². The Labute approximate surface area is 95.8 Å². The highest BCUT2D eigenvalue weighted by Gasteiger charge is 2.00. The van der Waals surface area contributed by atoms with Crippen molar-refractivity contribution in [2.24, 2.45) is 0 Å². The van der Waals surface area contributed by atoms with Crippen LogP contribution in [0.5, 0.6) is 0 Å². The molecule has 0 heterocycles. The lowest BCUT2D eigenvalue weighted by molar-refractivity contribution is -0.131. The fraction of sp³-hybridized carbons (Fsp3) is 0.0909. The number of rotatable bonds is 3. The number of carboxylic acids is 1. The van der Waals surface area contributed by atoms with Gasteiger partial charge in [-0.3, -0.25) is 0 Å². The molecule has 0 atom stereocenters. The molecule has 0 amide bonds. The Hall–Kier alpha value is -1.60. The van der Waals surface area contributed by atoms with Gasteiger partial charge in [-0.05, 0) is 29.3 Å². The second kappa shape index (κ2) is 5.32. The van der Waals surface area contributed by atoms with Gasteiger partial charge in [-0.25, -0.2) is 4.79 Å². The molecule has 0 aliphatic carbocycles. The van der Waals surface area contributed by atoms with Gasteiger partial charge in [0.15, 0.2) is 0 Å². The molecule has 0 radical (unpaired) electrons. The topological polar surface area (TPSA) is 61.1 Å². The highest BCUT2D eigenvalue weighted by atomic mass is 79.9. The Kier molecular flexibility index (Phi) is 4.07. The third kappa shape index (κ3) is 3.22. The molecule has 0 saturated heterocycles. The van der Waals surface area contributed by atoms with Gasteiger partial charge in [0, 0.05) is 11.4 Å². The molecular formula is C11H8BrNO2. The van der Waals surface area contributed by atoms with Crippen LogP contribution in [0, 0.1) is 11.3 Å². The molecule has 1 N–H and O–H groups in total. The van der Waals surface area contributed by atoms with Crippen LogP contribution in [-0.4, -0.2) is 11.1 Å². The van der Waals surface area contributed by atoms with Gasteiger partial charge in [0.1, 0.15) is 0 Å². The van der Waals surface area contributed by atoms with Gasteiger partial charge < -0.3 is 5.11 Å². The number of aliphatic carboxylic acids is 1. The van der Waals surface area contributed by atoms with Crippen molar-refractivity contribution >= 4 is 28.0 Å². The minimum Gasteiger partial charge on any atom is -0.478 e. The van der Waals surface area contributed by atoms with E-state index < -0.39 is 5.97 Å². The molecule has 0 saturated carbocycles. The molecule has 1 aromatic rings. The van der Waals surface area contributed by atoms with Crippen LogP contribution < -0.4 is 0 Å². The number of benzene rings is 1. The first-order valence-electron chi connectivity index (χ1n) is 4.17. The number of hydrogen-bond acceptors (Lipinski definition) is 2. The summed E-state index contributed by atoms with van der Waals surface area (Å²) in [6.45, 7) is 0. The second-order valence-electron chi connectivity index (χ2n) is 2.83. The van der Waals surface area contributed by atoms with E-state index in [9.17, 15) is 4.79 Å². The first kappa shape index (κ1) is 11.5. The monoisotopic (exact) mass is 265 g/mol. The minimum atomic E-state index is -1.00. The molecule has 0 aliphatic heterocycles. The van der Waals surface area contributed by atoms with Gasteiger partial charge in [-0.1, -0.05) is 22.0 Å². The number of alkyl halides is 1. The van der Waals surface area contributed by atoms with Crippen LogP contribution in [0.3, 0.4) is 0 Å². The molecule has 0 aliphatic rings. The summed E-state index contributed by atoms with van der Waals surface area (Å²) in [5, 5.41) is 17.8. The SMILES string of the molecule is N#Cc1ccc(CBr)c(C=CC(=O)O)c1. The third-order valence-corrected chi connectivity index (χ3v) is 2.43. The van der Waals surface area contributed by atoms with Crippen LogP contribution >= 0.6 is 15.9 Å². The van der Waals surface area contributed by atoms with Crippen molar-refractivity contribution in [2.45, 2.75) is 5.33 Å². The Balaban J connectivity index is 3.13. The molecule has 0 unspecified atom stereocenters. The Bertz CT molecular complexity index is 446. The van der Waals surface area contributed by atoms with Crippen LogP contribution in [0.15, 0.2) is 24.3 Å². The summed E-state index contributed by atoms with van der Waals surface area (Å²) in [5.74, 6) is -1.00. The quantitative estimate of drug-likeness (QED) is 0.675. The van der Waals surface area contributed by atoms with Crippen LogP contribution in [0.4, 0.5) is 0 Å². The van der Waals surface area contributed by atoms with Crippen molar-refractivity contribution in [1.29, 1.82) is 5.26 Å². The summed E-state index contributed by atoms with van der Waals surface area (Å²) >= 11 is 3.30. The summed E-state index contributed by atoms with van der Waals surface area (Å²) in [7, 11) is 0. The third-order valence-electron chi connectivity index (χ3n) is 1.82. The largest absolute Gasteiger partial charge is 0.478 e. The molecule has 1 aromatic carbocycles. The van der Waals surface area contributed by atoms with E-state index in [1.807, 2.05) is 6.07 Å². The maximum Gasteiger partial charge on any atom is 0.328 e. The number of nitriles is 1. The van der Waals surface area contributed by atoms with Crippen LogP contribution in [0.1, 0.15) is 16.7 Å². The van der Waals surface area contributed by atoms with Gasteiger partial charge in [0.25, 0.3) is 0 Å². The zero-order chi connectivity index (χ0) is 11.3. The zero-order valence-corrected chi connectivity index (χ0v) is 9.36. The predicted molar refractivity (Wildman–Crippen MR) is 60.5 cm³/mol. The lowest BCUT2D eigenvalue weighted by atomic mass is 10.1. The summed E-state index contributed by atoms with van der Waals surface area (Å²) in [6.07, 6.45) is 2.54. The van der Waals surface area contributed by atoms with E-state index in [0.717, 1.165) is 17.2 Å². The Morgan fingerprint density at radius 2 is 2.33 bits per heavy atom. The summed E-state index contributed by atoms with van der Waals surface area (Å²) in [6, 6.07) is 7.18. The Morgan fingerprint density at radius 3 is 2.87 bits per heavy atom. The zero-order valence-electron chi connectivity index (χ0n) is 7.77. The average Bonchev–Trinajstić information content (AvgIpc) is 2.25. The fourth-order valence-electron chi connectivity index (χ4n) is 1.10. The number of carboxylic acid groups (broad SMARTS) is 1. The van der Waals surface area contributed by atoms with Crippen molar-refractivity contribution in [2.75, 3.05) is 0 Å². The summed E-state index contributed by atoms with van der Waals surface area (Å²) in [4.78, 5) is 10.4. The van der Waals surface area contributed by atoms with E-state index >= 15 is 0 Å². The molecule has 0 bridgehead atoms. The van der Waals surface area contributed by atoms with E-state index in [-0.39, 0.29) is 0 Å². The van der Waals surface area contributed by atoms with Gasteiger partial charge >= 0.3 is 5.97 Å². The van der Waals surface area contributed by atoms with E-state index in [1.165, 1.54) is 6.08 Å². The maximum atomic E-state index is 10.4. The molecule has 0 fully saturated rings. The number of hydrogen-bond donors (Lipinski definition) is 1. The van der Waals surface area contributed by atoms with E-state index in [4.69, 9.17) is 10.4 Å². The van der Waals surface area contributed by atoms with Crippen LogP contribution in [0.25, 0.3) is 6.08 Å². The molecule has 15 heavy (non-hydrogen) atoms. The number of carbonyl (C=O) groups is 1. The van der Waals surface area contributed by atoms with Crippen molar-refractivity contribution in [3.63, 3.8) is 0 Å². The first-order chi connectivity index (χ1) is 7.17. The van der Waals surface area contributed by atoms with Crippen LogP contribution in [-0.2, 0) is 10.1 Å². The molecule has 3 nitrogen and oxygen atoms in total. The second-order valence-corrected chi connectivity index (χ2v) is 3.39. The lowest BCUT2D eigenvalue weighted by Crippen LogP contribution is -1.89. The molecule has 0 aromatic heterocycles. The number of halogens is 1. The molecule has 0 spiro atoms. The Morgan fingerprint density at radius 1 is 1.60 bits per heavy atom. The number of nitrogens with zero attached hydrogens (tertiary/aromatic N) is 1. The smallest absolute Gasteiger partial charge is 0.328 e. The molecule has 76 valence electrons. The maximum absolute atomic E-state index is 10.4. The lowest BCUT2D eigenvalue weighted by Gasteiger charge is -2.01.